The van der Waals surface area contributed by atoms with Crippen LogP contribution in [0.3, 0.4) is 0 Å². The monoisotopic (exact) mass is 465 g/mol. The molecule has 182 valence electrons. The van der Waals surface area contributed by atoms with Crippen LogP contribution in [0.2, 0.25) is 0 Å². The summed E-state index contributed by atoms with van der Waals surface area (Å²) in [5.41, 5.74) is 7.54. The van der Waals surface area contributed by atoms with E-state index in [2.05, 4.69) is 12.0 Å². The molecule has 0 aliphatic carbocycles. The number of nitrogens with zero attached hydrogens (tertiary/aromatic N) is 2. The summed E-state index contributed by atoms with van der Waals surface area (Å²) < 4.78 is 16.8. The highest BCUT2D eigenvalue weighted by Crippen LogP contribution is 2.29. The molecule has 0 radical (unpaired) electrons. The molecule has 0 aromatic heterocycles. The third-order valence-corrected chi connectivity index (χ3v) is 5.72. The Labute approximate surface area is 202 Å². The zero-order valence-electron chi connectivity index (χ0n) is 20.3. The Kier molecular flexibility index (Phi) is 9.38. The van der Waals surface area contributed by atoms with Crippen molar-refractivity contribution in [3.8, 4) is 11.5 Å². The summed E-state index contributed by atoms with van der Waals surface area (Å²) in [6, 6.07) is 14.7. The lowest BCUT2D eigenvalue weighted by atomic mass is 9.95. The number of Topliss-reactive ketones (excluding diaryl/α,β-unsaturated/α-hetero) is 1. The van der Waals surface area contributed by atoms with E-state index in [1.54, 1.807) is 43.5 Å². The standard InChI is InChI=1S/C27H35N3O4/c1-4-5-6-7-8-12-15-34-25-19-24(27(28)29-30(25)21-13-10-9-11-14-21)26(31)20-16-22(32-2)18-23(17-20)33-3/h9-11,13-14,16-19,24H,4-8,12,15H2,1-3H3,(H2,28,29). The molecule has 2 N–H and O–H groups in total. The van der Waals surface area contributed by atoms with Crippen molar-refractivity contribution in [2.45, 2.75) is 45.4 Å². The van der Waals surface area contributed by atoms with Gasteiger partial charge in [0.2, 0.25) is 5.88 Å². The van der Waals surface area contributed by atoms with Gasteiger partial charge in [0.05, 0.1) is 26.5 Å². The van der Waals surface area contributed by atoms with Crippen LogP contribution in [-0.2, 0) is 4.74 Å². The molecular weight excluding hydrogens is 430 g/mol. The second-order valence-corrected chi connectivity index (χ2v) is 8.24. The van der Waals surface area contributed by atoms with Gasteiger partial charge in [0.15, 0.2) is 5.78 Å². The Balaban J connectivity index is 1.81. The summed E-state index contributed by atoms with van der Waals surface area (Å²) in [5.74, 6) is 0.805. The quantitative estimate of drug-likeness (QED) is 0.310. The van der Waals surface area contributed by atoms with Crippen LogP contribution in [0.15, 0.2) is 65.6 Å². The first-order chi connectivity index (χ1) is 16.6. The number of methoxy groups -OCH3 is 2. The van der Waals surface area contributed by atoms with Crippen LogP contribution in [-0.4, -0.2) is 32.4 Å². The number of amidine groups is 1. The van der Waals surface area contributed by atoms with Gasteiger partial charge in [-0.15, -0.1) is 0 Å². The number of anilines is 1. The molecule has 1 unspecified atom stereocenters. The van der Waals surface area contributed by atoms with Gasteiger partial charge in [-0.1, -0.05) is 57.2 Å². The molecule has 0 amide bonds. The van der Waals surface area contributed by atoms with Crippen LogP contribution in [0.4, 0.5) is 5.69 Å². The topological polar surface area (TPSA) is 86.4 Å². The number of carbonyl (C=O) groups excluding carboxylic acids is 1. The molecule has 1 aliphatic rings. The lowest BCUT2D eigenvalue weighted by Gasteiger charge is -2.28. The van der Waals surface area contributed by atoms with Gasteiger partial charge < -0.3 is 19.9 Å². The van der Waals surface area contributed by atoms with E-state index >= 15 is 0 Å². The molecule has 1 heterocycles. The number of ether oxygens (including phenoxy) is 3. The Bertz CT molecular complexity index is 982. The maximum Gasteiger partial charge on any atom is 0.212 e. The number of carbonyl (C=O) groups is 1. The number of hydrazone groups is 1. The maximum absolute atomic E-state index is 13.4. The SMILES string of the molecule is CCCCCCCCOC1=CC(C(=O)c2cc(OC)cc(OC)c2)C(N)=NN1c1ccccc1. The minimum atomic E-state index is -0.753. The average molecular weight is 466 g/mol. The highest BCUT2D eigenvalue weighted by Gasteiger charge is 2.30. The van der Waals surface area contributed by atoms with Crippen molar-refractivity contribution in [3.63, 3.8) is 0 Å². The Morgan fingerprint density at radius 2 is 1.62 bits per heavy atom. The van der Waals surface area contributed by atoms with E-state index < -0.39 is 5.92 Å². The minimum Gasteiger partial charge on any atom is -0.497 e. The first-order valence-electron chi connectivity index (χ1n) is 11.9. The van der Waals surface area contributed by atoms with Gasteiger partial charge in [0.25, 0.3) is 0 Å². The molecule has 0 saturated carbocycles. The average Bonchev–Trinajstić information content (AvgIpc) is 2.88. The van der Waals surface area contributed by atoms with Crippen LogP contribution < -0.4 is 20.2 Å². The van der Waals surface area contributed by atoms with Crippen LogP contribution >= 0.6 is 0 Å². The normalized spacial score (nSPS) is 15.4. The molecule has 2 aromatic rings. The molecule has 2 aromatic carbocycles. The van der Waals surface area contributed by atoms with Crippen LogP contribution in [0, 0.1) is 5.92 Å². The predicted octanol–water partition coefficient (Wildman–Crippen LogP) is 5.51. The molecule has 1 aliphatic heterocycles. The fourth-order valence-corrected chi connectivity index (χ4v) is 3.79. The summed E-state index contributed by atoms with van der Waals surface area (Å²) in [6.07, 6.45) is 8.73. The van der Waals surface area contributed by atoms with Crippen molar-refractivity contribution in [1.82, 2.24) is 0 Å². The van der Waals surface area contributed by atoms with Gasteiger partial charge in [0.1, 0.15) is 23.3 Å². The van der Waals surface area contributed by atoms with Crippen LogP contribution in [0.25, 0.3) is 0 Å². The smallest absolute Gasteiger partial charge is 0.212 e. The van der Waals surface area contributed by atoms with Gasteiger partial charge in [-0.25, -0.2) is 0 Å². The highest BCUT2D eigenvalue weighted by atomic mass is 16.5. The zero-order valence-corrected chi connectivity index (χ0v) is 20.3. The molecule has 0 spiro atoms. The van der Waals surface area contributed by atoms with E-state index in [9.17, 15) is 4.79 Å². The number of hydrogen-bond donors (Lipinski definition) is 1. The molecule has 7 heteroatoms. The summed E-state index contributed by atoms with van der Waals surface area (Å²) in [5, 5.41) is 6.19. The van der Waals surface area contributed by atoms with Crippen molar-refractivity contribution < 1.29 is 19.0 Å². The van der Waals surface area contributed by atoms with E-state index in [1.807, 2.05) is 30.3 Å². The third kappa shape index (κ3) is 6.53. The Morgan fingerprint density at radius 3 is 2.26 bits per heavy atom. The zero-order chi connectivity index (χ0) is 24.3. The molecule has 34 heavy (non-hydrogen) atoms. The van der Waals surface area contributed by atoms with Gasteiger partial charge in [0, 0.05) is 11.6 Å². The summed E-state index contributed by atoms with van der Waals surface area (Å²) in [4.78, 5) is 13.4. The largest absolute Gasteiger partial charge is 0.497 e. The van der Waals surface area contributed by atoms with Crippen LogP contribution in [0.5, 0.6) is 11.5 Å². The van der Waals surface area contributed by atoms with Gasteiger partial charge in [-0.3, -0.25) is 4.79 Å². The maximum atomic E-state index is 13.4. The van der Waals surface area contributed by atoms with Crippen molar-refractivity contribution in [2.75, 3.05) is 25.8 Å². The number of nitrogens with two attached hydrogens (primary N) is 1. The molecule has 1 atom stereocenters. The molecule has 0 bridgehead atoms. The summed E-state index contributed by atoms with van der Waals surface area (Å²) in [7, 11) is 3.09. The number of rotatable bonds is 13. The van der Waals surface area contributed by atoms with E-state index in [0.29, 0.717) is 29.6 Å². The first kappa shape index (κ1) is 25.1. The number of para-hydroxylation sites is 1. The molecule has 0 fully saturated rings. The Morgan fingerprint density at radius 1 is 0.971 bits per heavy atom. The minimum absolute atomic E-state index is 0.197. The fraction of sp³-hybridized carbons (Fsp3) is 0.407. The number of benzene rings is 2. The summed E-state index contributed by atoms with van der Waals surface area (Å²) >= 11 is 0. The van der Waals surface area contributed by atoms with E-state index in [0.717, 1.165) is 18.5 Å². The summed E-state index contributed by atoms with van der Waals surface area (Å²) in [6.45, 7) is 2.76. The van der Waals surface area contributed by atoms with Crippen molar-refractivity contribution in [3.05, 3.63) is 66.1 Å². The second kappa shape index (κ2) is 12.7. The number of ketones is 1. The lowest BCUT2D eigenvalue weighted by Crippen LogP contribution is -2.37. The molecule has 0 saturated heterocycles. The lowest BCUT2D eigenvalue weighted by molar-refractivity contribution is 0.0965. The fourth-order valence-electron chi connectivity index (χ4n) is 3.79. The van der Waals surface area contributed by atoms with Crippen molar-refractivity contribution >= 4 is 17.3 Å². The third-order valence-electron chi connectivity index (χ3n) is 5.72. The highest BCUT2D eigenvalue weighted by molar-refractivity contribution is 6.13. The van der Waals surface area contributed by atoms with Gasteiger partial charge in [-0.05, 0) is 36.8 Å². The number of hydrogen-bond acceptors (Lipinski definition) is 7. The predicted molar refractivity (Wildman–Crippen MR) is 135 cm³/mol. The van der Waals surface area contributed by atoms with E-state index in [1.165, 1.54) is 25.7 Å². The molecular formula is C27H35N3O4. The number of unbranched alkanes of at least 4 members (excludes halogenated alkanes) is 5. The van der Waals surface area contributed by atoms with Crippen molar-refractivity contribution in [1.29, 1.82) is 0 Å². The van der Waals surface area contributed by atoms with E-state index in [4.69, 9.17) is 19.9 Å². The molecule has 7 nitrogen and oxygen atoms in total. The van der Waals surface area contributed by atoms with E-state index in [-0.39, 0.29) is 11.6 Å². The van der Waals surface area contributed by atoms with Gasteiger partial charge >= 0.3 is 0 Å². The van der Waals surface area contributed by atoms with Gasteiger partial charge in [-0.2, -0.15) is 10.1 Å². The van der Waals surface area contributed by atoms with Crippen LogP contribution in [0.1, 0.15) is 55.8 Å². The molecule has 3 rings (SSSR count). The van der Waals surface area contributed by atoms with Crippen molar-refractivity contribution in [2.24, 2.45) is 16.8 Å². The second-order valence-electron chi connectivity index (χ2n) is 8.24. The first-order valence-corrected chi connectivity index (χ1v) is 11.9. The Hall–Kier alpha value is -3.48.